The number of carbonyl (C=O) groups is 1. The molecule has 5 heteroatoms. The lowest BCUT2D eigenvalue weighted by atomic mass is 10.2. The maximum Gasteiger partial charge on any atom is 0.255 e. The lowest BCUT2D eigenvalue weighted by molar-refractivity contribution is 0.102. The van der Waals surface area contributed by atoms with Crippen LogP contribution in [0.25, 0.3) is 5.82 Å². The molecule has 1 N–H and O–H groups in total. The summed E-state index contributed by atoms with van der Waals surface area (Å²) in [6.45, 7) is 0. The molecule has 1 aromatic carbocycles. The van der Waals surface area contributed by atoms with E-state index in [2.05, 4.69) is 15.4 Å². The van der Waals surface area contributed by atoms with Gasteiger partial charge in [0.15, 0.2) is 5.82 Å². The molecule has 0 fully saturated rings. The third-order valence-electron chi connectivity index (χ3n) is 2.76. The first-order valence-corrected chi connectivity index (χ1v) is 6.15. The van der Waals surface area contributed by atoms with Gasteiger partial charge in [-0.25, -0.2) is 9.67 Å². The monoisotopic (exact) mass is 264 g/mol. The predicted octanol–water partition coefficient (Wildman–Crippen LogP) is 2.52. The van der Waals surface area contributed by atoms with Crippen LogP contribution in [0.4, 0.5) is 5.69 Å². The Bertz CT molecular complexity index is 707. The van der Waals surface area contributed by atoms with Crippen LogP contribution in [0.3, 0.4) is 0 Å². The maximum absolute atomic E-state index is 12.0. The minimum absolute atomic E-state index is 0.161. The molecule has 0 aliphatic carbocycles. The van der Waals surface area contributed by atoms with Crippen molar-refractivity contribution >= 4 is 11.6 Å². The third-order valence-corrected chi connectivity index (χ3v) is 2.76. The Labute approximate surface area is 115 Å². The molecule has 0 spiro atoms. The number of nitrogens with one attached hydrogen (secondary N) is 1. The molecule has 0 atom stereocenters. The van der Waals surface area contributed by atoms with Gasteiger partial charge in [-0.05, 0) is 24.3 Å². The van der Waals surface area contributed by atoms with E-state index in [1.165, 1.54) is 0 Å². The van der Waals surface area contributed by atoms with Crippen molar-refractivity contribution in [1.29, 1.82) is 0 Å². The van der Waals surface area contributed by atoms with Crippen LogP contribution < -0.4 is 5.32 Å². The number of carbonyl (C=O) groups excluding carboxylic acids is 1. The molecule has 0 saturated heterocycles. The second-order valence-electron chi connectivity index (χ2n) is 4.18. The Morgan fingerprint density at radius 3 is 2.60 bits per heavy atom. The summed E-state index contributed by atoms with van der Waals surface area (Å²) < 4.78 is 1.61. The fourth-order valence-electron chi connectivity index (χ4n) is 1.79. The second-order valence-corrected chi connectivity index (χ2v) is 4.18. The number of hydrogen-bond acceptors (Lipinski definition) is 3. The Balaban J connectivity index is 1.77. The molecule has 0 bridgehead atoms. The van der Waals surface area contributed by atoms with Crippen LogP contribution in [-0.4, -0.2) is 20.7 Å². The molecule has 98 valence electrons. The van der Waals surface area contributed by atoms with Gasteiger partial charge in [0.05, 0.1) is 18.1 Å². The van der Waals surface area contributed by atoms with Gasteiger partial charge in [0.1, 0.15) is 0 Å². The summed E-state index contributed by atoms with van der Waals surface area (Å²) in [5.41, 5.74) is 1.24. The summed E-state index contributed by atoms with van der Waals surface area (Å²) in [5.74, 6) is 0.541. The predicted molar refractivity (Wildman–Crippen MR) is 75.8 cm³/mol. The number of aromatic nitrogens is 3. The highest BCUT2D eigenvalue weighted by atomic mass is 16.1. The number of anilines is 1. The molecule has 20 heavy (non-hydrogen) atoms. The first kappa shape index (κ1) is 12.1. The quantitative estimate of drug-likeness (QED) is 0.790. The van der Waals surface area contributed by atoms with E-state index in [1.807, 2.05) is 36.4 Å². The summed E-state index contributed by atoms with van der Waals surface area (Å²) in [6.07, 6.45) is 5.01. The van der Waals surface area contributed by atoms with E-state index in [0.717, 1.165) is 0 Å². The van der Waals surface area contributed by atoms with E-state index in [9.17, 15) is 4.79 Å². The molecule has 0 saturated carbocycles. The Kier molecular flexibility index (Phi) is 3.24. The highest BCUT2D eigenvalue weighted by Crippen LogP contribution is 2.11. The van der Waals surface area contributed by atoms with E-state index in [4.69, 9.17) is 0 Å². The molecule has 1 amide bonds. The van der Waals surface area contributed by atoms with Gasteiger partial charge in [-0.15, -0.1) is 0 Å². The Morgan fingerprint density at radius 1 is 1.05 bits per heavy atom. The molecule has 0 unspecified atom stereocenters. The van der Waals surface area contributed by atoms with Crippen molar-refractivity contribution in [2.45, 2.75) is 0 Å². The van der Waals surface area contributed by atoms with E-state index in [-0.39, 0.29) is 5.91 Å². The molecule has 0 aliphatic heterocycles. The van der Waals surface area contributed by atoms with Crippen molar-refractivity contribution in [3.05, 3.63) is 72.7 Å². The molecular weight excluding hydrogens is 252 g/mol. The van der Waals surface area contributed by atoms with Gasteiger partial charge in [0, 0.05) is 11.8 Å². The number of pyridine rings is 1. The lowest BCUT2D eigenvalue weighted by Gasteiger charge is -2.01. The highest BCUT2D eigenvalue weighted by molar-refractivity contribution is 6.04. The van der Waals surface area contributed by atoms with Crippen LogP contribution in [0, 0.1) is 0 Å². The first-order chi connectivity index (χ1) is 9.83. The zero-order valence-corrected chi connectivity index (χ0v) is 10.6. The standard InChI is InChI=1S/C15H12N4O/c20-15(12-6-2-1-3-7-12)18-13-10-17-19(11-13)14-8-4-5-9-16-14/h1-11H,(H,18,20). The summed E-state index contributed by atoms with van der Waals surface area (Å²) in [6, 6.07) is 14.6. The number of amides is 1. The fraction of sp³-hybridized carbons (Fsp3) is 0. The minimum atomic E-state index is -0.161. The average Bonchev–Trinajstić information content (AvgIpc) is 2.97. The van der Waals surface area contributed by atoms with Crippen LogP contribution in [0.1, 0.15) is 10.4 Å². The number of rotatable bonds is 3. The van der Waals surface area contributed by atoms with Gasteiger partial charge in [-0.3, -0.25) is 4.79 Å². The highest BCUT2D eigenvalue weighted by Gasteiger charge is 2.07. The zero-order chi connectivity index (χ0) is 13.8. The number of benzene rings is 1. The van der Waals surface area contributed by atoms with Crippen molar-refractivity contribution in [3.8, 4) is 5.82 Å². The SMILES string of the molecule is O=C(Nc1cnn(-c2ccccn2)c1)c1ccccc1. The summed E-state index contributed by atoms with van der Waals surface area (Å²) in [7, 11) is 0. The van der Waals surface area contributed by atoms with E-state index >= 15 is 0 Å². The average molecular weight is 264 g/mol. The van der Waals surface area contributed by atoms with Gasteiger partial charge in [-0.1, -0.05) is 24.3 Å². The van der Waals surface area contributed by atoms with Crippen LogP contribution in [0.2, 0.25) is 0 Å². The minimum Gasteiger partial charge on any atom is -0.319 e. The van der Waals surface area contributed by atoms with Crippen molar-refractivity contribution in [1.82, 2.24) is 14.8 Å². The number of hydrogen-bond donors (Lipinski definition) is 1. The molecule has 5 nitrogen and oxygen atoms in total. The van der Waals surface area contributed by atoms with Crippen LogP contribution in [-0.2, 0) is 0 Å². The van der Waals surface area contributed by atoms with Crippen LogP contribution >= 0.6 is 0 Å². The normalized spacial score (nSPS) is 10.2. The summed E-state index contributed by atoms with van der Waals surface area (Å²) in [5, 5.41) is 6.97. The molecule has 0 aliphatic rings. The largest absolute Gasteiger partial charge is 0.319 e. The molecular formula is C15H12N4O. The lowest BCUT2D eigenvalue weighted by Crippen LogP contribution is -2.11. The van der Waals surface area contributed by atoms with Gasteiger partial charge in [0.2, 0.25) is 0 Å². The molecule has 2 heterocycles. The summed E-state index contributed by atoms with van der Waals surface area (Å²) in [4.78, 5) is 16.2. The smallest absolute Gasteiger partial charge is 0.255 e. The topological polar surface area (TPSA) is 59.8 Å². The Morgan fingerprint density at radius 2 is 1.85 bits per heavy atom. The van der Waals surface area contributed by atoms with Crippen molar-refractivity contribution < 1.29 is 4.79 Å². The molecule has 0 radical (unpaired) electrons. The van der Waals surface area contributed by atoms with Crippen molar-refractivity contribution in [2.75, 3.05) is 5.32 Å². The van der Waals surface area contributed by atoms with E-state index in [1.54, 1.807) is 35.4 Å². The van der Waals surface area contributed by atoms with Crippen molar-refractivity contribution in [3.63, 3.8) is 0 Å². The van der Waals surface area contributed by atoms with E-state index < -0.39 is 0 Å². The Hall–Kier alpha value is -2.95. The van der Waals surface area contributed by atoms with Crippen LogP contribution in [0.5, 0.6) is 0 Å². The van der Waals surface area contributed by atoms with Gasteiger partial charge < -0.3 is 5.32 Å². The molecule has 3 aromatic rings. The molecule has 2 aromatic heterocycles. The second kappa shape index (κ2) is 5.36. The maximum atomic E-state index is 12.0. The zero-order valence-electron chi connectivity index (χ0n) is 10.6. The van der Waals surface area contributed by atoms with Crippen molar-refractivity contribution in [2.24, 2.45) is 0 Å². The van der Waals surface area contributed by atoms with Crippen LogP contribution in [0.15, 0.2) is 67.1 Å². The van der Waals surface area contributed by atoms with Gasteiger partial charge in [-0.2, -0.15) is 5.10 Å². The van der Waals surface area contributed by atoms with Gasteiger partial charge in [0.25, 0.3) is 5.91 Å². The number of nitrogens with zero attached hydrogens (tertiary/aromatic N) is 3. The first-order valence-electron chi connectivity index (χ1n) is 6.15. The molecule has 3 rings (SSSR count). The van der Waals surface area contributed by atoms with E-state index in [0.29, 0.717) is 17.1 Å². The van der Waals surface area contributed by atoms with Gasteiger partial charge >= 0.3 is 0 Å². The fourth-order valence-corrected chi connectivity index (χ4v) is 1.79. The summed E-state index contributed by atoms with van der Waals surface area (Å²) >= 11 is 0. The third kappa shape index (κ3) is 2.56.